The smallest absolute Gasteiger partial charge is 0.128 e. The van der Waals surface area contributed by atoms with Crippen LogP contribution in [0.4, 0.5) is 5.82 Å². The summed E-state index contributed by atoms with van der Waals surface area (Å²) < 4.78 is 5.44. The predicted molar refractivity (Wildman–Crippen MR) is 87.8 cm³/mol. The van der Waals surface area contributed by atoms with Gasteiger partial charge in [-0.25, -0.2) is 4.98 Å². The summed E-state index contributed by atoms with van der Waals surface area (Å²) >= 11 is 0. The van der Waals surface area contributed by atoms with Gasteiger partial charge in [0.25, 0.3) is 0 Å². The molecule has 0 radical (unpaired) electrons. The highest BCUT2D eigenvalue weighted by atomic mass is 16.5. The van der Waals surface area contributed by atoms with E-state index in [4.69, 9.17) is 9.72 Å². The third-order valence-corrected chi connectivity index (χ3v) is 4.09. The maximum absolute atomic E-state index is 5.44. The monoisotopic (exact) mass is 291 g/mol. The Morgan fingerprint density at radius 1 is 1.29 bits per heavy atom. The first kappa shape index (κ1) is 16.2. The maximum Gasteiger partial charge on any atom is 0.128 e. The van der Waals surface area contributed by atoms with Crippen molar-refractivity contribution in [2.75, 3.05) is 25.2 Å². The van der Waals surface area contributed by atoms with Crippen molar-refractivity contribution in [2.24, 2.45) is 0 Å². The van der Waals surface area contributed by atoms with Gasteiger partial charge in [0, 0.05) is 44.1 Å². The lowest BCUT2D eigenvalue weighted by atomic mass is 10.1. The molecule has 4 nitrogen and oxygen atoms in total. The zero-order valence-electron chi connectivity index (χ0n) is 14.1. The highest BCUT2D eigenvalue weighted by Gasteiger charge is 2.20. The molecule has 4 heteroatoms. The fraction of sp³-hybridized carbons (Fsp3) is 0.706. The van der Waals surface area contributed by atoms with Crippen molar-refractivity contribution in [1.82, 2.24) is 10.3 Å². The molecule has 0 unspecified atom stereocenters. The van der Waals surface area contributed by atoms with Gasteiger partial charge in [-0.05, 0) is 52.2 Å². The molecule has 0 atom stereocenters. The van der Waals surface area contributed by atoms with Gasteiger partial charge in [0.1, 0.15) is 5.82 Å². The highest BCUT2D eigenvalue weighted by Crippen LogP contribution is 2.21. The van der Waals surface area contributed by atoms with Crippen LogP contribution in [-0.2, 0) is 11.3 Å². The van der Waals surface area contributed by atoms with Crippen LogP contribution < -0.4 is 10.2 Å². The average molecular weight is 291 g/mol. The topological polar surface area (TPSA) is 37.4 Å². The lowest BCUT2D eigenvalue weighted by molar-refractivity contribution is 0.0853. The van der Waals surface area contributed by atoms with Crippen molar-refractivity contribution >= 4 is 5.82 Å². The standard InChI is InChI=1S/C17H29N3O/c1-13-14(12-18-17(2,3)4)6-7-16(19-13)20(5)15-8-10-21-11-9-15/h6-7,15,18H,8-12H2,1-5H3. The Labute approximate surface area is 128 Å². The summed E-state index contributed by atoms with van der Waals surface area (Å²) in [6.07, 6.45) is 2.18. The highest BCUT2D eigenvalue weighted by molar-refractivity contribution is 5.42. The van der Waals surface area contributed by atoms with Crippen molar-refractivity contribution in [1.29, 1.82) is 0 Å². The van der Waals surface area contributed by atoms with Gasteiger partial charge >= 0.3 is 0 Å². The van der Waals surface area contributed by atoms with Crippen LogP contribution in [0.15, 0.2) is 12.1 Å². The second kappa shape index (κ2) is 6.75. The van der Waals surface area contributed by atoms with E-state index in [0.29, 0.717) is 6.04 Å². The molecule has 21 heavy (non-hydrogen) atoms. The summed E-state index contributed by atoms with van der Waals surface area (Å²) in [4.78, 5) is 7.10. The van der Waals surface area contributed by atoms with Crippen molar-refractivity contribution in [2.45, 2.75) is 58.7 Å². The Balaban J connectivity index is 2.03. The molecule has 1 aromatic rings. The first-order chi connectivity index (χ1) is 9.87. The van der Waals surface area contributed by atoms with Crippen LogP contribution in [0.2, 0.25) is 0 Å². The minimum absolute atomic E-state index is 0.129. The van der Waals surface area contributed by atoms with Crippen molar-refractivity contribution in [3.63, 3.8) is 0 Å². The molecule has 0 aromatic carbocycles. The summed E-state index contributed by atoms with van der Waals surface area (Å²) in [7, 11) is 2.14. The third kappa shape index (κ3) is 4.68. The Kier molecular flexibility index (Phi) is 5.22. The van der Waals surface area contributed by atoms with Gasteiger partial charge in [0.15, 0.2) is 0 Å². The van der Waals surface area contributed by atoms with Crippen LogP contribution >= 0.6 is 0 Å². The van der Waals surface area contributed by atoms with Gasteiger partial charge in [-0.3, -0.25) is 0 Å². The average Bonchev–Trinajstić information content (AvgIpc) is 2.45. The summed E-state index contributed by atoms with van der Waals surface area (Å²) in [6, 6.07) is 4.89. The molecule has 1 aromatic heterocycles. The van der Waals surface area contributed by atoms with Gasteiger partial charge < -0.3 is 15.0 Å². The zero-order chi connectivity index (χ0) is 15.5. The largest absolute Gasteiger partial charge is 0.381 e. The number of ether oxygens (including phenoxy) is 1. The van der Waals surface area contributed by atoms with Gasteiger partial charge in [-0.2, -0.15) is 0 Å². The van der Waals surface area contributed by atoms with Gasteiger partial charge in [0.05, 0.1) is 0 Å². The van der Waals surface area contributed by atoms with E-state index in [2.05, 4.69) is 57.1 Å². The van der Waals surface area contributed by atoms with Gasteiger partial charge in [-0.1, -0.05) is 6.07 Å². The molecule has 2 heterocycles. The number of rotatable bonds is 4. The van der Waals surface area contributed by atoms with Gasteiger partial charge in [-0.15, -0.1) is 0 Å². The Bertz CT molecular complexity index is 462. The molecule has 0 aliphatic carbocycles. The van der Waals surface area contributed by atoms with Crippen molar-refractivity contribution in [3.8, 4) is 0 Å². The summed E-state index contributed by atoms with van der Waals surface area (Å²) in [5, 5.41) is 3.52. The number of pyridine rings is 1. The number of anilines is 1. The SMILES string of the molecule is Cc1nc(N(C)C2CCOCC2)ccc1CNC(C)(C)C. The zero-order valence-corrected chi connectivity index (χ0v) is 14.1. The molecule has 118 valence electrons. The van der Waals surface area contributed by atoms with E-state index in [9.17, 15) is 0 Å². The Morgan fingerprint density at radius 3 is 2.52 bits per heavy atom. The van der Waals surface area contributed by atoms with E-state index in [-0.39, 0.29) is 5.54 Å². The van der Waals surface area contributed by atoms with Crippen LogP contribution in [0.5, 0.6) is 0 Å². The van der Waals surface area contributed by atoms with E-state index >= 15 is 0 Å². The number of aromatic nitrogens is 1. The predicted octanol–water partition coefficient (Wildman–Crippen LogP) is 2.89. The summed E-state index contributed by atoms with van der Waals surface area (Å²) in [5.41, 5.74) is 2.52. The molecule has 0 spiro atoms. The molecule has 1 N–H and O–H groups in total. The molecule has 1 aliphatic rings. The third-order valence-electron chi connectivity index (χ3n) is 4.09. The van der Waals surface area contributed by atoms with Crippen LogP contribution in [0.25, 0.3) is 0 Å². The number of hydrogen-bond acceptors (Lipinski definition) is 4. The van der Waals surface area contributed by atoms with Crippen LogP contribution in [0.3, 0.4) is 0 Å². The quantitative estimate of drug-likeness (QED) is 0.925. The Hall–Kier alpha value is -1.13. The normalized spacial score (nSPS) is 17.0. The lowest BCUT2D eigenvalue weighted by Crippen LogP contribution is -2.37. The van der Waals surface area contributed by atoms with Crippen LogP contribution in [-0.4, -0.2) is 36.8 Å². The van der Waals surface area contributed by atoms with E-state index in [1.54, 1.807) is 0 Å². The van der Waals surface area contributed by atoms with Crippen molar-refractivity contribution in [3.05, 3.63) is 23.4 Å². The fourth-order valence-electron chi connectivity index (χ4n) is 2.58. The molecular formula is C17H29N3O. The molecule has 0 saturated carbocycles. The van der Waals surface area contributed by atoms with Gasteiger partial charge in [0.2, 0.25) is 0 Å². The Morgan fingerprint density at radius 2 is 1.95 bits per heavy atom. The summed E-state index contributed by atoms with van der Waals surface area (Å²) in [5.74, 6) is 1.07. The van der Waals surface area contributed by atoms with E-state index < -0.39 is 0 Å². The molecule has 1 fully saturated rings. The van der Waals surface area contributed by atoms with Crippen LogP contribution in [0.1, 0.15) is 44.9 Å². The lowest BCUT2D eigenvalue weighted by Gasteiger charge is -2.32. The molecule has 1 saturated heterocycles. The van der Waals surface area contributed by atoms with E-state index in [1.165, 1.54) is 5.56 Å². The van der Waals surface area contributed by atoms with E-state index in [0.717, 1.165) is 44.1 Å². The number of hydrogen-bond donors (Lipinski definition) is 1. The molecule has 2 rings (SSSR count). The van der Waals surface area contributed by atoms with Crippen LogP contribution in [0, 0.1) is 6.92 Å². The van der Waals surface area contributed by atoms with E-state index in [1.807, 2.05) is 0 Å². The fourth-order valence-corrected chi connectivity index (χ4v) is 2.58. The second-order valence-electron chi connectivity index (χ2n) is 6.97. The number of aryl methyl sites for hydroxylation is 1. The minimum Gasteiger partial charge on any atom is -0.381 e. The molecule has 0 bridgehead atoms. The number of nitrogens with one attached hydrogen (secondary N) is 1. The first-order valence-corrected chi connectivity index (χ1v) is 7.89. The molecule has 1 aliphatic heterocycles. The second-order valence-corrected chi connectivity index (χ2v) is 6.97. The first-order valence-electron chi connectivity index (χ1n) is 7.89. The maximum atomic E-state index is 5.44. The molecule has 0 amide bonds. The van der Waals surface area contributed by atoms with Crippen molar-refractivity contribution < 1.29 is 4.74 Å². The minimum atomic E-state index is 0.129. The number of nitrogens with zero attached hydrogens (tertiary/aromatic N) is 2. The summed E-state index contributed by atoms with van der Waals surface area (Å²) in [6.45, 7) is 11.2. The molecular weight excluding hydrogens is 262 g/mol.